The Kier molecular flexibility index (Phi) is 5.23. The molecule has 0 spiro atoms. The summed E-state index contributed by atoms with van der Waals surface area (Å²) in [5, 5.41) is 0. The quantitative estimate of drug-likeness (QED) is 0.612. The first-order chi connectivity index (χ1) is 1.91. The zero-order valence-corrected chi connectivity index (χ0v) is 6.34. The molecule has 0 aromatic rings. The first-order valence-corrected chi connectivity index (χ1v) is 8.42. The van der Waals surface area contributed by atoms with Crippen molar-refractivity contribution in [1.82, 2.24) is 0 Å². The summed E-state index contributed by atoms with van der Waals surface area (Å²) < 4.78 is 1.76. The molecule has 0 saturated heterocycles. The molecule has 0 bridgehead atoms. The number of rotatable bonds is 0. The maximum absolute atomic E-state index is 4.96. The van der Waals surface area contributed by atoms with Crippen molar-refractivity contribution >= 4 is 4.52 Å². The molecular formula is CH3NVW. The predicted octanol–water partition coefficient (Wildman–Crippen LogP) is -0.751. The van der Waals surface area contributed by atoms with Gasteiger partial charge in [0.15, 0.2) is 0 Å². The fraction of sp³-hybridized carbons (Fsp3) is 0. The third-order valence-corrected chi connectivity index (χ3v) is 2.05. The fourth-order valence-corrected chi connectivity index (χ4v) is 0. The van der Waals surface area contributed by atoms with E-state index in [1.54, 1.807) is 4.52 Å². The summed E-state index contributed by atoms with van der Waals surface area (Å²) in [7, 11) is 0. The molecule has 0 fully saturated rings. The summed E-state index contributed by atoms with van der Waals surface area (Å²) in [4.78, 5) is 0. The van der Waals surface area contributed by atoms with Gasteiger partial charge in [-0.25, -0.2) is 0 Å². The van der Waals surface area contributed by atoms with E-state index in [-0.39, 0.29) is 15.1 Å². The van der Waals surface area contributed by atoms with E-state index in [0.717, 1.165) is 0 Å². The molecule has 0 radical (unpaired) electrons. The van der Waals surface area contributed by atoms with Crippen LogP contribution in [0.2, 0.25) is 0 Å². The number of hydrogen-bond acceptors (Lipinski definition) is 1. The molecule has 0 heterocycles. The molecule has 0 rings (SSSR count). The molecule has 23 valence electrons. The Labute approximate surface area is 39.5 Å². The zero-order chi connectivity index (χ0) is 3.41. The van der Waals surface area contributed by atoms with Crippen molar-refractivity contribution in [2.45, 2.75) is 0 Å². The molecule has 0 unspecified atom stereocenters. The molecule has 3 heteroatoms. The summed E-state index contributed by atoms with van der Waals surface area (Å²) in [6.07, 6.45) is 0. The third kappa shape index (κ3) is 3.10. The van der Waals surface area contributed by atoms with E-state index in [0.29, 0.717) is 0 Å². The Balaban J connectivity index is 3.11. The second-order valence-corrected chi connectivity index (χ2v) is 4.67. The average Bonchev–Trinajstić information content (AvgIpc) is 1.37. The molecule has 0 aliphatic carbocycles. The summed E-state index contributed by atoms with van der Waals surface area (Å²) in [5.74, 6) is 0. The molecule has 0 aliphatic heterocycles. The van der Waals surface area contributed by atoms with Crippen molar-refractivity contribution in [3.05, 3.63) is 0 Å². The predicted molar refractivity (Wildman–Crippen MR) is 10.3 cm³/mol. The first kappa shape index (κ1) is 5.10. The first-order valence-electron chi connectivity index (χ1n) is 0.752. The van der Waals surface area contributed by atoms with Gasteiger partial charge in [-0.1, -0.05) is 0 Å². The van der Waals surface area contributed by atoms with Crippen LogP contribution in [0.15, 0.2) is 0 Å². The monoisotopic (exact) mass is 264 g/mol. The van der Waals surface area contributed by atoms with E-state index >= 15 is 0 Å². The van der Waals surface area contributed by atoms with E-state index in [2.05, 4.69) is 14.1 Å². The van der Waals surface area contributed by atoms with Crippen LogP contribution in [0.4, 0.5) is 0 Å². The van der Waals surface area contributed by atoms with Gasteiger partial charge < -0.3 is 0 Å². The van der Waals surface area contributed by atoms with Crippen molar-refractivity contribution in [2.75, 3.05) is 0 Å². The Bertz CT molecular complexity index is 46.0. The Morgan fingerprint density at radius 1 is 2.00 bits per heavy atom. The number of hydrogen-bond donors (Lipinski definition) is 1. The van der Waals surface area contributed by atoms with E-state index in [4.69, 9.17) is 5.73 Å². The second-order valence-electron chi connectivity index (χ2n) is 0.241. The molecule has 0 aliphatic rings. The van der Waals surface area contributed by atoms with Crippen molar-refractivity contribution in [3.63, 3.8) is 0 Å². The van der Waals surface area contributed by atoms with Crippen LogP contribution in [0.25, 0.3) is 0 Å². The van der Waals surface area contributed by atoms with Crippen molar-refractivity contribution in [2.24, 2.45) is 5.73 Å². The maximum atomic E-state index is 4.96. The van der Waals surface area contributed by atoms with E-state index in [1.165, 1.54) is 0 Å². The Morgan fingerprint density at radius 2 is 2.25 bits per heavy atom. The molecule has 0 amide bonds. The van der Waals surface area contributed by atoms with Crippen LogP contribution in [0.5, 0.6) is 0 Å². The van der Waals surface area contributed by atoms with Crippen molar-refractivity contribution in [3.8, 4) is 0 Å². The summed E-state index contributed by atoms with van der Waals surface area (Å²) in [6.45, 7) is 0. The van der Waals surface area contributed by atoms with Crippen LogP contribution in [-0.2, 0) is 29.2 Å². The minimum absolute atomic E-state index is 0.164. The topological polar surface area (TPSA) is 26.0 Å². The van der Waals surface area contributed by atoms with Gasteiger partial charge >= 0.3 is 39.4 Å². The molecular weight excluding hydrogens is 261 g/mol. The van der Waals surface area contributed by atoms with Gasteiger partial charge in [0, 0.05) is 0 Å². The van der Waals surface area contributed by atoms with Crippen LogP contribution in [-0.4, -0.2) is 4.52 Å². The van der Waals surface area contributed by atoms with Gasteiger partial charge in [-0.2, -0.15) is 0 Å². The van der Waals surface area contributed by atoms with Crippen LogP contribution in [0.3, 0.4) is 0 Å². The average molecular weight is 264 g/mol. The molecule has 4 heavy (non-hydrogen) atoms. The van der Waals surface area contributed by atoms with Gasteiger partial charge in [0.25, 0.3) is 0 Å². The van der Waals surface area contributed by atoms with E-state index in [9.17, 15) is 0 Å². The van der Waals surface area contributed by atoms with Gasteiger partial charge in [-0.05, 0) is 0 Å². The second kappa shape index (κ2) is 4.10. The normalized spacial score (nSPS) is 5.00. The van der Waals surface area contributed by atoms with Crippen LogP contribution < -0.4 is 5.73 Å². The fourth-order valence-electron chi connectivity index (χ4n) is 0. The Hall–Kier alpha value is 1.10. The molecule has 2 N–H and O–H groups in total. The van der Waals surface area contributed by atoms with Gasteiger partial charge in [-0.15, -0.1) is 0 Å². The molecule has 0 aromatic heterocycles. The molecule has 0 atom stereocenters. The molecule has 0 saturated carbocycles. The SMILES string of the molecule is N[CH]=[W]=[V]. The number of nitrogens with two attached hydrogens (primary N) is 1. The van der Waals surface area contributed by atoms with Crippen molar-refractivity contribution in [1.29, 1.82) is 0 Å². The summed E-state index contributed by atoms with van der Waals surface area (Å²) >= 11 is 2.36. The Morgan fingerprint density at radius 3 is 2.25 bits per heavy atom. The van der Waals surface area contributed by atoms with Gasteiger partial charge in [0.2, 0.25) is 0 Å². The van der Waals surface area contributed by atoms with Crippen molar-refractivity contribution < 1.29 is 29.2 Å². The summed E-state index contributed by atoms with van der Waals surface area (Å²) in [6, 6.07) is 0. The molecule has 1 nitrogen and oxygen atoms in total. The van der Waals surface area contributed by atoms with Gasteiger partial charge in [0.05, 0.1) is 0 Å². The van der Waals surface area contributed by atoms with Crippen LogP contribution >= 0.6 is 0 Å². The van der Waals surface area contributed by atoms with Gasteiger partial charge in [-0.3, -0.25) is 0 Å². The minimum atomic E-state index is -0.164. The van der Waals surface area contributed by atoms with E-state index in [1.807, 2.05) is 0 Å². The van der Waals surface area contributed by atoms with Crippen LogP contribution in [0, 0.1) is 0 Å². The van der Waals surface area contributed by atoms with E-state index < -0.39 is 0 Å². The summed E-state index contributed by atoms with van der Waals surface area (Å²) in [5.41, 5.74) is 4.96. The molecule has 0 aromatic carbocycles. The van der Waals surface area contributed by atoms with Gasteiger partial charge in [0.1, 0.15) is 0 Å². The standard InChI is InChI=1S/CH3N.V.W/c1-2;;/h1H,2H2;;. The van der Waals surface area contributed by atoms with Crippen LogP contribution in [0.1, 0.15) is 0 Å². The third-order valence-electron chi connectivity index (χ3n) is 0.0609. The zero-order valence-electron chi connectivity index (χ0n) is 2.01.